The Morgan fingerprint density at radius 2 is 2.06 bits per heavy atom. The van der Waals surface area contributed by atoms with Gasteiger partial charge in [-0.2, -0.15) is 0 Å². The summed E-state index contributed by atoms with van der Waals surface area (Å²) < 4.78 is 12.7. The first-order chi connectivity index (χ1) is 7.56. The molecule has 2 nitrogen and oxygen atoms in total. The first kappa shape index (κ1) is 12.4. The highest BCUT2D eigenvalue weighted by Gasteiger charge is 2.15. The monoisotopic (exact) mass is 221 g/mol. The molecule has 0 saturated heterocycles. The van der Waals surface area contributed by atoms with E-state index >= 15 is 0 Å². The maximum Gasteiger partial charge on any atom is 0.282 e. The molecule has 1 aromatic rings. The second-order valence-corrected chi connectivity index (χ2v) is 3.65. The summed E-state index contributed by atoms with van der Waals surface area (Å²) in [6, 6.07) is 7.75. The summed E-state index contributed by atoms with van der Waals surface area (Å²) in [5.41, 5.74) is 2.12. The number of benzene rings is 1. The van der Waals surface area contributed by atoms with Gasteiger partial charge in [0.1, 0.15) is 0 Å². The Morgan fingerprint density at radius 1 is 1.44 bits per heavy atom. The highest BCUT2D eigenvalue weighted by atomic mass is 19.1. The van der Waals surface area contributed by atoms with E-state index in [2.05, 4.69) is 6.58 Å². The predicted molar refractivity (Wildman–Crippen MR) is 62.5 cm³/mol. The molecule has 0 aliphatic heterocycles. The Hall–Kier alpha value is -1.64. The van der Waals surface area contributed by atoms with Crippen LogP contribution in [0.15, 0.2) is 36.7 Å². The van der Waals surface area contributed by atoms with Crippen molar-refractivity contribution in [1.29, 1.82) is 0 Å². The zero-order valence-electron chi connectivity index (χ0n) is 9.66. The molecule has 0 aliphatic rings. The predicted octanol–water partition coefficient (Wildman–Crippen LogP) is 2.83. The number of carbonyl (C=O) groups is 1. The summed E-state index contributed by atoms with van der Waals surface area (Å²) >= 11 is 0. The molecule has 0 fully saturated rings. The SMILES string of the molecule is C=C(F)C(=O)N(CC)Cc1ccccc1C. The molecular weight excluding hydrogens is 205 g/mol. The Kier molecular flexibility index (Phi) is 4.23. The lowest BCUT2D eigenvalue weighted by Crippen LogP contribution is -2.30. The fourth-order valence-electron chi connectivity index (χ4n) is 1.49. The van der Waals surface area contributed by atoms with Crippen LogP contribution < -0.4 is 0 Å². The van der Waals surface area contributed by atoms with Crippen molar-refractivity contribution in [3.63, 3.8) is 0 Å². The van der Waals surface area contributed by atoms with E-state index in [4.69, 9.17) is 0 Å². The number of halogens is 1. The van der Waals surface area contributed by atoms with Crippen LogP contribution in [0.3, 0.4) is 0 Å². The van der Waals surface area contributed by atoms with E-state index < -0.39 is 11.7 Å². The van der Waals surface area contributed by atoms with Crippen molar-refractivity contribution in [2.45, 2.75) is 20.4 Å². The number of hydrogen-bond donors (Lipinski definition) is 0. The quantitative estimate of drug-likeness (QED) is 0.716. The van der Waals surface area contributed by atoms with Crippen molar-refractivity contribution in [3.8, 4) is 0 Å². The zero-order valence-corrected chi connectivity index (χ0v) is 9.66. The van der Waals surface area contributed by atoms with Crippen molar-refractivity contribution in [3.05, 3.63) is 47.8 Å². The molecule has 0 heterocycles. The summed E-state index contributed by atoms with van der Waals surface area (Å²) in [6.07, 6.45) is 0. The minimum atomic E-state index is -0.907. The van der Waals surface area contributed by atoms with Crippen LogP contribution in [-0.4, -0.2) is 17.4 Å². The molecule has 1 aromatic carbocycles. The van der Waals surface area contributed by atoms with Crippen molar-refractivity contribution in [2.24, 2.45) is 0 Å². The van der Waals surface area contributed by atoms with Gasteiger partial charge in [0, 0.05) is 13.1 Å². The molecule has 3 heteroatoms. The Labute approximate surface area is 95.4 Å². The van der Waals surface area contributed by atoms with Gasteiger partial charge in [0.25, 0.3) is 5.91 Å². The van der Waals surface area contributed by atoms with Crippen molar-refractivity contribution >= 4 is 5.91 Å². The van der Waals surface area contributed by atoms with E-state index in [0.29, 0.717) is 13.1 Å². The first-order valence-corrected chi connectivity index (χ1v) is 5.24. The lowest BCUT2D eigenvalue weighted by molar-refractivity contribution is -0.129. The fraction of sp³-hybridized carbons (Fsp3) is 0.308. The molecule has 0 N–H and O–H groups in total. The maximum absolute atomic E-state index is 12.7. The van der Waals surface area contributed by atoms with Gasteiger partial charge in [0.05, 0.1) is 0 Å². The molecule has 0 unspecified atom stereocenters. The molecule has 0 atom stereocenters. The van der Waals surface area contributed by atoms with Crippen LogP contribution in [0.5, 0.6) is 0 Å². The number of carbonyl (C=O) groups excluding carboxylic acids is 1. The van der Waals surface area contributed by atoms with Crippen molar-refractivity contribution < 1.29 is 9.18 Å². The topological polar surface area (TPSA) is 20.3 Å². The fourth-order valence-corrected chi connectivity index (χ4v) is 1.49. The number of rotatable bonds is 4. The standard InChI is InChI=1S/C13H16FNO/c1-4-15(13(16)11(3)14)9-12-8-6-5-7-10(12)2/h5-8H,3-4,9H2,1-2H3. The van der Waals surface area contributed by atoms with Crippen LogP contribution in [0.25, 0.3) is 0 Å². The lowest BCUT2D eigenvalue weighted by atomic mass is 10.1. The third-order valence-corrected chi connectivity index (χ3v) is 2.52. The van der Waals surface area contributed by atoms with Crippen LogP contribution in [0.4, 0.5) is 4.39 Å². The third-order valence-electron chi connectivity index (χ3n) is 2.52. The average molecular weight is 221 g/mol. The van der Waals surface area contributed by atoms with Gasteiger partial charge in [0.15, 0.2) is 5.83 Å². The van der Waals surface area contributed by atoms with Gasteiger partial charge in [-0.1, -0.05) is 30.8 Å². The number of hydrogen-bond acceptors (Lipinski definition) is 1. The van der Waals surface area contributed by atoms with Crippen LogP contribution in [-0.2, 0) is 11.3 Å². The largest absolute Gasteiger partial charge is 0.333 e. The Bertz CT molecular complexity index is 401. The molecule has 0 radical (unpaired) electrons. The van der Waals surface area contributed by atoms with Crippen LogP contribution in [0, 0.1) is 6.92 Å². The van der Waals surface area contributed by atoms with Gasteiger partial charge < -0.3 is 4.90 Å². The minimum Gasteiger partial charge on any atom is -0.333 e. The highest BCUT2D eigenvalue weighted by molar-refractivity contribution is 5.90. The van der Waals surface area contributed by atoms with E-state index in [1.165, 1.54) is 4.90 Å². The second kappa shape index (κ2) is 5.45. The molecule has 0 aromatic heterocycles. The zero-order chi connectivity index (χ0) is 12.1. The second-order valence-electron chi connectivity index (χ2n) is 3.65. The van der Waals surface area contributed by atoms with Crippen LogP contribution >= 0.6 is 0 Å². The van der Waals surface area contributed by atoms with Gasteiger partial charge in [-0.3, -0.25) is 4.79 Å². The molecule has 1 amide bonds. The molecule has 0 saturated carbocycles. The summed E-state index contributed by atoms with van der Waals surface area (Å²) in [5, 5.41) is 0. The number of nitrogens with zero attached hydrogens (tertiary/aromatic N) is 1. The van der Waals surface area contributed by atoms with Gasteiger partial charge in [-0.25, -0.2) is 4.39 Å². The van der Waals surface area contributed by atoms with Gasteiger partial charge in [-0.05, 0) is 25.0 Å². The third kappa shape index (κ3) is 2.92. The number of likely N-dealkylation sites (N-methyl/N-ethyl adjacent to an activating group) is 1. The van der Waals surface area contributed by atoms with E-state index in [-0.39, 0.29) is 0 Å². The Morgan fingerprint density at radius 3 is 2.56 bits per heavy atom. The molecular formula is C13H16FNO. The summed E-state index contributed by atoms with van der Waals surface area (Å²) in [6.45, 7) is 7.71. The molecule has 0 bridgehead atoms. The maximum atomic E-state index is 12.7. The van der Waals surface area contributed by atoms with E-state index in [9.17, 15) is 9.18 Å². The van der Waals surface area contributed by atoms with E-state index in [1.807, 2.05) is 38.1 Å². The average Bonchev–Trinajstić information content (AvgIpc) is 2.27. The van der Waals surface area contributed by atoms with Gasteiger partial charge in [0.2, 0.25) is 0 Å². The van der Waals surface area contributed by atoms with E-state index in [1.54, 1.807) is 0 Å². The van der Waals surface area contributed by atoms with Crippen molar-refractivity contribution in [1.82, 2.24) is 4.90 Å². The van der Waals surface area contributed by atoms with Crippen LogP contribution in [0.2, 0.25) is 0 Å². The molecule has 1 rings (SSSR count). The smallest absolute Gasteiger partial charge is 0.282 e. The summed E-state index contributed by atoms with van der Waals surface area (Å²) in [4.78, 5) is 12.9. The number of amides is 1. The minimum absolute atomic E-state index is 0.422. The molecule has 86 valence electrons. The number of aryl methyl sites for hydroxylation is 1. The molecule has 0 aliphatic carbocycles. The van der Waals surface area contributed by atoms with Gasteiger partial charge in [-0.15, -0.1) is 0 Å². The normalized spacial score (nSPS) is 9.94. The van der Waals surface area contributed by atoms with Crippen molar-refractivity contribution in [2.75, 3.05) is 6.54 Å². The Balaban J connectivity index is 2.82. The van der Waals surface area contributed by atoms with Crippen LogP contribution in [0.1, 0.15) is 18.1 Å². The molecule has 16 heavy (non-hydrogen) atoms. The molecule has 0 spiro atoms. The van der Waals surface area contributed by atoms with E-state index in [0.717, 1.165) is 11.1 Å². The summed E-state index contributed by atoms with van der Waals surface area (Å²) in [7, 11) is 0. The first-order valence-electron chi connectivity index (χ1n) is 5.24. The summed E-state index contributed by atoms with van der Waals surface area (Å²) in [5.74, 6) is -1.54. The highest BCUT2D eigenvalue weighted by Crippen LogP contribution is 2.12. The van der Waals surface area contributed by atoms with Gasteiger partial charge >= 0.3 is 0 Å². The lowest BCUT2D eigenvalue weighted by Gasteiger charge is -2.20.